The van der Waals surface area contributed by atoms with Gasteiger partial charge in [0, 0.05) is 41.9 Å². The summed E-state index contributed by atoms with van der Waals surface area (Å²) in [6, 6.07) is 9.36. The maximum absolute atomic E-state index is 14.3. The van der Waals surface area contributed by atoms with Crippen LogP contribution in [0.1, 0.15) is 42.8 Å². The second-order valence-corrected chi connectivity index (χ2v) is 9.10. The molecule has 7 nitrogen and oxygen atoms in total. The van der Waals surface area contributed by atoms with Crippen LogP contribution in [0.4, 0.5) is 14.6 Å². The fraction of sp³-hybridized carbons (Fsp3) is 0.320. The van der Waals surface area contributed by atoms with E-state index < -0.39 is 17.7 Å². The Bertz CT molecular complexity index is 1250. The molecule has 0 radical (unpaired) electrons. The fourth-order valence-electron chi connectivity index (χ4n) is 4.24. The van der Waals surface area contributed by atoms with Crippen molar-refractivity contribution in [3.05, 3.63) is 70.4 Å². The highest BCUT2D eigenvalue weighted by atomic mass is 35.5. The van der Waals surface area contributed by atoms with Gasteiger partial charge in [-0.1, -0.05) is 23.7 Å². The van der Waals surface area contributed by atoms with E-state index >= 15 is 0 Å². The number of aromatic nitrogens is 2. The number of carbonyl (C=O) groups excluding carboxylic acids is 1. The Balaban J connectivity index is 1.60. The van der Waals surface area contributed by atoms with Gasteiger partial charge in [0.05, 0.1) is 16.9 Å². The van der Waals surface area contributed by atoms with Gasteiger partial charge in [-0.2, -0.15) is 0 Å². The Hall–Kier alpha value is -3.30. The first kappa shape index (κ1) is 24.8. The monoisotopic (exact) mass is 501 g/mol. The maximum Gasteiger partial charge on any atom is 0.258 e. The van der Waals surface area contributed by atoms with Crippen molar-refractivity contribution >= 4 is 23.3 Å². The summed E-state index contributed by atoms with van der Waals surface area (Å²) in [4.78, 5) is 23.5. The number of hydrogen-bond donors (Lipinski definition) is 2. The lowest BCUT2D eigenvalue weighted by Crippen LogP contribution is -2.55. The lowest BCUT2D eigenvalue weighted by atomic mass is 10.1. The number of halogens is 3. The number of amides is 1. The molecule has 0 saturated carbocycles. The van der Waals surface area contributed by atoms with Gasteiger partial charge in [-0.05, 0) is 45.0 Å². The van der Waals surface area contributed by atoms with Crippen LogP contribution in [0.25, 0.3) is 11.3 Å². The molecule has 1 saturated heterocycles. The molecular weight excluding hydrogens is 476 g/mol. The van der Waals surface area contributed by atoms with Gasteiger partial charge < -0.3 is 20.7 Å². The number of hydrogen-bond acceptors (Lipinski definition) is 6. The second-order valence-electron chi connectivity index (χ2n) is 8.72. The van der Waals surface area contributed by atoms with Crippen LogP contribution in [0, 0.1) is 11.6 Å². The molecule has 2 aromatic carbocycles. The highest BCUT2D eigenvalue weighted by molar-refractivity contribution is 6.31. The van der Waals surface area contributed by atoms with Crippen LogP contribution in [0.5, 0.6) is 5.88 Å². The molecule has 0 aliphatic carbocycles. The lowest BCUT2D eigenvalue weighted by Gasteiger charge is -2.36. The van der Waals surface area contributed by atoms with E-state index in [1.165, 1.54) is 13.1 Å². The molecule has 1 fully saturated rings. The number of rotatable bonds is 5. The summed E-state index contributed by atoms with van der Waals surface area (Å²) in [5, 5.41) is 3.04. The van der Waals surface area contributed by atoms with Crippen molar-refractivity contribution in [2.24, 2.45) is 0 Å². The summed E-state index contributed by atoms with van der Waals surface area (Å²) < 4.78 is 33.9. The van der Waals surface area contributed by atoms with Gasteiger partial charge in [-0.15, -0.1) is 0 Å². The predicted octanol–water partition coefficient (Wildman–Crippen LogP) is 4.62. The minimum atomic E-state index is -0.991. The van der Waals surface area contributed by atoms with Crippen molar-refractivity contribution < 1.29 is 18.3 Å². The Labute approximate surface area is 207 Å². The zero-order valence-electron chi connectivity index (χ0n) is 19.6. The van der Waals surface area contributed by atoms with E-state index in [2.05, 4.69) is 15.3 Å². The Morgan fingerprint density at radius 2 is 1.89 bits per heavy atom. The topological polar surface area (TPSA) is 93.4 Å². The zero-order chi connectivity index (χ0) is 25.3. The van der Waals surface area contributed by atoms with E-state index in [0.29, 0.717) is 29.9 Å². The Kier molecular flexibility index (Phi) is 7.18. The molecule has 3 atom stereocenters. The van der Waals surface area contributed by atoms with E-state index in [0.717, 1.165) is 12.1 Å². The maximum atomic E-state index is 14.3. The minimum absolute atomic E-state index is 0.0236. The molecule has 10 heteroatoms. The van der Waals surface area contributed by atoms with Crippen LogP contribution < -0.4 is 15.8 Å². The van der Waals surface area contributed by atoms with Gasteiger partial charge in [-0.3, -0.25) is 4.79 Å². The number of carbonyl (C=O) groups is 1. The standard InChI is InChI=1S/C25H26ClF2N5O2/c1-13-11-33(12-14(2)31-13)25(34)17-6-4-5-16(9-17)20-10-30-23(29)24(32-20)35-15(3)21-18(27)7-8-19(28)22(21)26/h4-10,13-15,31H,11-12H2,1-3H3,(H2,29,30). The number of nitrogen functional groups attached to an aromatic ring is 1. The molecule has 3 N–H and O–H groups in total. The second kappa shape index (κ2) is 10.1. The van der Waals surface area contributed by atoms with E-state index in [9.17, 15) is 13.6 Å². The lowest BCUT2D eigenvalue weighted by molar-refractivity contribution is 0.0674. The summed E-state index contributed by atoms with van der Waals surface area (Å²) >= 11 is 5.95. The van der Waals surface area contributed by atoms with Crippen LogP contribution in [0.2, 0.25) is 5.02 Å². The van der Waals surface area contributed by atoms with Gasteiger partial charge in [0.15, 0.2) is 5.82 Å². The van der Waals surface area contributed by atoms with E-state index in [4.69, 9.17) is 22.1 Å². The third-order valence-electron chi connectivity index (χ3n) is 5.79. The number of piperazine rings is 1. The fourth-order valence-corrected chi connectivity index (χ4v) is 4.54. The number of nitrogens with zero attached hydrogens (tertiary/aromatic N) is 3. The van der Waals surface area contributed by atoms with Crippen LogP contribution in [0.15, 0.2) is 42.6 Å². The molecule has 4 rings (SSSR count). The normalized spacial score (nSPS) is 18.9. The molecule has 35 heavy (non-hydrogen) atoms. The molecule has 1 aliphatic heterocycles. The molecule has 0 spiro atoms. The molecule has 2 heterocycles. The number of nitrogens with one attached hydrogen (secondary N) is 1. The first-order valence-electron chi connectivity index (χ1n) is 11.2. The van der Waals surface area contributed by atoms with Crippen molar-refractivity contribution in [2.45, 2.75) is 39.0 Å². The third-order valence-corrected chi connectivity index (χ3v) is 6.18. The summed E-state index contributed by atoms with van der Waals surface area (Å²) in [7, 11) is 0. The summed E-state index contributed by atoms with van der Waals surface area (Å²) in [6.45, 7) is 6.82. The van der Waals surface area contributed by atoms with Gasteiger partial charge in [0.2, 0.25) is 0 Å². The van der Waals surface area contributed by atoms with Crippen molar-refractivity contribution in [2.75, 3.05) is 18.8 Å². The number of ether oxygens (including phenoxy) is 1. The van der Waals surface area contributed by atoms with E-state index in [1.54, 1.807) is 24.3 Å². The van der Waals surface area contributed by atoms with Crippen molar-refractivity contribution in [1.82, 2.24) is 20.2 Å². The molecule has 3 unspecified atom stereocenters. The first-order valence-corrected chi connectivity index (χ1v) is 11.6. The third kappa shape index (κ3) is 5.36. The summed E-state index contributed by atoms with van der Waals surface area (Å²) in [5.41, 5.74) is 7.35. The minimum Gasteiger partial charge on any atom is -0.467 e. The molecular formula is C25H26ClF2N5O2. The number of anilines is 1. The molecule has 1 aromatic heterocycles. The molecule has 184 valence electrons. The molecule has 1 aliphatic rings. The average Bonchev–Trinajstić information content (AvgIpc) is 2.82. The zero-order valence-corrected chi connectivity index (χ0v) is 20.3. The Morgan fingerprint density at radius 1 is 1.20 bits per heavy atom. The van der Waals surface area contributed by atoms with Crippen LogP contribution in [-0.2, 0) is 0 Å². The molecule has 1 amide bonds. The van der Waals surface area contributed by atoms with Crippen LogP contribution in [-0.4, -0.2) is 45.9 Å². The highest BCUT2D eigenvalue weighted by Gasteiger charge is 2.26. The van der Waals surface area contributed by atoms with Gasteiger partial charge >= 0.3 is 0 Å². The van der Waals surface area contributed by atoms with Crippen molar-refractivity contribution in [1.29, 1.82) is 0 Å². The average molecular weight is 502 g/mol. The number of nitrogens with two attached hydrogens (primary N) is 1. The van der Waals surface area contributed by atoms with Crippen LogP contribution in [0.3, 0.4) is 0 Å². The Morgan fingerprint density at radius 3 is 2.60 bits per heavy atom. The first-order chi connectivity index (χ1) is 16.6. The van der Waals surface area contributed by atoms with Crippen molar-refractivity contribution in [3.63, 3.8) is 0 Å². The number of benzene rings is 2. The molecule has 3 aromatic rings. The quantitative estimate of drug-likeness (QED) is 0.495. The predicted molar refractivity (Wildman–Crippen MR) is 130 cm³/mol. The molecule has 0 bridgehead atoms. The van der Waals surface area contributed by atoms with E-state index in [-0.39, 0.29) is 40.3 Å². The summed E-state index contributed by atoms with van der Waals surface area (Å²) in [5.74, 6) is -1.63. The highest BCUT2D eigenvalue weighted by Crippen LogP contribution is 2.33. The van der Waals surface area contributed by atoms with Crippen molar-refractivity contribution in [3.8, 4) is 17.1 Å². The summed E-state index contributed by atoms with van der Waals surface area (Å²) in [6.07, 6.45) is 0.468. The van der Waals surface area contributed by atoms with Crippen LogP contribution >= 0.6 is 11.6 Å². The smallest absolute Gasteiger partial charge is 0.258 e. The SMILES string of the molecule is CC1CN(C(=O)c2cccc(-c3cnc(N)c(OC(C)c4c(F)ccc(F)c4Cl)n3)c2)CC(C)N1. The van der Waals surface area contributed by atoms with E-state index in [1.807, 2.05) is 18.7 Å². The van der Waals surface area contributed by atoms with Gasteiger partial charge in [0.25, 0.3) is 11.8 Å². The van der Waals surface area contributed by atoms with Gasteiger partial charge in [0.1, 0.15) is 17.7 Å². The van der Waals surface area contributed by atoms with Gasteiger partial charge in [-0.25, -0.2) is 18.7 Å². The largest absolute Gasteiger partial charge is 0.467 e.